The molecular formula is C13H21N3. The summed E-state index contributed by atoms with van der Waals surface area (Å²) in [5, 5.41) is 7.79. The van der Waals surface area contributed by atoms with Crippen molar-refractivity contribution in [3.63, 3.8) is 0 Å². The normalized spacial score (nSPS) is 34.5. The van der Waals surface area contributed by atoms with Crippen LogP contribution in [-0.4, -0.2) is 16.8 Å². The first-order chi connectivity index (χ1) is 7.81. The second-order valence-electron chi connectivity index (χ2n) is 5.40. The third-order valence-electron chi connectivity index (χ3n) is 4.50. The summed E-state index contributed by atoms with van der Waals surface area (Å²) < 4.78 is 1.91. The Kier molecular flexibility index (Phi) is 2.51. The van der Waals surface area contributed by atoms with E-state index in [2.05, 4.69) is 23.7 Å². The molecular weight excluding hydrogens is 198 g/mol. The summed E-state index contributed by atoms with van der Waals surface area (Å²) in [6, 6.07) is 0.529. The molecule has 1 aromatic rings. The second kappa shape index (κ2) is 3.88. The lowest BCUT2D eigenvalue weighted by atomic mass is 10.0. The molecule has 88 valence electrons. The Hall–Kier alpha value is -0.830. The molecule has 2 aliphatic carbocycles. The number of aryl methyl sites for hydroxylation is 1. The van der Waals surface area contributed by atoms with Crippen LogP contribution in [-0.2, 0) is 7.05 Å². The number of rotatable bonds is 3. The quantitative estimate of drug-likeness (QED) is 0.844. The van der Waals surface area contributed by atoms with Gasteiger partial charge in [0.1, 0.15) is 0 Å². The Morgan fingerprint density at radius 2 is 2.06 bits per heavy atom. The number of aromatic nitrogens is 2. The molecule has 2 fully saturated rings. The molecule has 0 spiro atoms. The van der Waals surface area contributed by atoms with Gasteiger partial charge in [-0.15, -0.1) is 0 Å². The number of nitrogens with zero attached hydrogens (tertiary/aromatic N) is 2. The van der Waals surface area contributed by atoms with Gasteiger partial charge in [-0.25, -0.2) is 0 Å². The van der Waals surface area contributed by atoms with E-state index in [1.165, 1.54) is 31.2 Å². The van der Waals surface area contributed by atoms with Gasteiger partial charge in [0.05, 0.1) is 6.20 Å². The average molecular weight is 219 g/mol. The van der Waals surface area contributed by atoms with E-state index in [4.69, 9.17) is 0 Å². The average Bonchev–Trinajstić information content (AvgIpc) is 2.86. The minimum absolute atomic E-state index is 0.529. The Balaban J connectivity index is 1.77. The summed E-state index contributed by atoms with van der Waals surface area (Å²) in [6.45, 7) is 0. The Labute approximate surface area is 97.2 Å². The van der Waals surface area contributed by atoms with Gasteiger partial charge in [-0.3, -0.25) is 4.68 Å². The van der Waals surface area contributed by atoms with Crippen LogP contribution in [0.5, 0.6) is 0 Å². The van der Waals surface area contributed by atoms with Crippen molar-refractivity contribution in [2.75, 3.05) is 7.05 Å². The van der Waals surface area contributed by atoms with Gasteiger partial charge in [0.25, 0.3) is 0 Å². The summed E-state index contributed by atoms with van der Waals surface area (Å²) in [5.41, 5.74) is 1.37. The van der Waals surface area contributed by atoms with Crippen LogP contribution in [0, 0.1) is 17.8 Å². The molecule has 0 saturated heterocycles. The third kappa shape index (κ3) is 1.58. The number of nitrogens with one attached hydrogen (secondary N) is 1. The first-order valence-electron chi connectivity index (χ1n) is 6.47. The molecule has 0 amide bonds. The largest absolute Gasteiger partial charge is 0.313 e. The van der Waals surface area contributed by atoms with Crippen LogP contribution >= 0.6 is 0 Å². The standard InChI is InChI=1S/C13H21N3/c1-14-13(9-7-15-16(2)8-9)12-10-5-3-4-6-11(10)12/h7-8,10-14H,3-6H2,1-2H3. The van der Waals surface area contributed by atoms with Crippen LogP contribution in [0.2, 0.25) is 0 Å². The van der Waals surface area contributed by atoms with E-state index in [0.29, 0.717) is 6.04 Å². The van der Waals surface area contributed by atoms with E-state index in [9.17, 15) is 0 Å². The molecule has 3 heteroatoms. The lowest BCUT2D eigenvalue weighted by molar-refractivity contribution is 0.480. The zero-order chi connectivity index (χ0) is 11.1. The maximum Gasteiger partial charge on any atom is 0.0537 e. The van der Waals surface area contributed by atoms with Gasteiger partial charge in [0, 0.05) is 24.8 Å². The molecule has 3 atom stereocenters. The molecule has 3 unspecified atom stereocenters. The highest BCUT2D eigenvalue weighted by molar-refractivity contribution is 5.18. The monoisotopic (exact) mass is 219 g/mol. The van der Waals surface area contributed by atoms with Crippen LogP contribution in [0.15, 0.2) is 12.4 Å². The third-order valence-corrected chi connectivity index (χ3v) is 4.50. The predicted octanol–water partition coefficient (Wildman–Crippen LogP) is 2.12. The van der Waals surface area contributed by atoms with Crippen molar-refractivity contribution in [1.29, 1.82) is 0 Å². The summed E-state index contributed by atoms with van der Waals surface area (Å²) >= 11 is 0. The van der Waals surface area contributed by atoms with Crippen LogP contribution in [0.25, 0.3) is 0 Å². The number of hydrogen-bond acceptors (Lipinski definition) is 2. The highest BCUT2D eigenvalue weighted by Crippen LogP contribution is 2.60. The van der Waals surface area contributed by atoms with E-state index in [1.54, 1.807) is 0 Å². The lowest BCUT2D eigenvalue weighted by Crippen LogP contribution is -2.19. The Morgan fingerprint density at radius 3 is 2.56 bits per heavy atom. The van der Waals surface area contributed by atoms with E-state index in [1.807, 2.05) is 17.9 Å². The van der Waals surface area contributed by atoms with E-state index in [0.717, 1.165) is 17.8 Å². The Morgan fingerprint density at radius 1 is 1.38 bits per heavy atom. The minimum atomic E-state index is 0.529. The van der Waals surface area contributed by atoms with Gasteiger partial charge in [-0.05, 0) is 37.6 Å². The molecule has 1 aromatic heterocycles. The maximum absolute atomic E-state index is 4.29. The highest BCUT2D eigenvalue weighted by atomic mass is 15.2. The minimum Gasteiger partial charge on any atom is -0.313 e. The van der Waals surface area contributed by atoms with Gasteiger partial charge in [0.2, 0.25) is 0 Å². The van der Waals surface area contributed by atoms with Crippen LogP contribution in [0.1, 0.15) is 37.3 Å². The summed E-state index contributed by atoms with van der Waals surface area (Å²) in [5.74, 6) is 2.86. The van der Waals surface area contributed by atoms with E-state index in [-0.39, 0.29) is 0 Å². The highest BCUT2D eigenvalue weighted by Gasteiger charge is 2.54. The Bertz CT molecular complexity index is 359. The van der Waals surface area contributed by atoms with Crippen molar-refractivity contribution < 1.29 is 0 Å². The van der Waals surface area contributed by atoms with Crippen molar-refractivity contribution in [3.05, 3.63) is 18.0 Å². The van der Waals surface area contributed by atoms with E-state index >= 15 is 0 Å². The molecule has 1 N–H and O–H groups in total. The summed E-state index contributed by atoms with van der Waals surface area (Å²) in [6.07, 6.45) is 9.97. The van der Waals surface area contributed by atoms with Crippen molar-refractivity contribution >= 4 is 0 Å². The first kappa shape index (κ1) is 10.3. The topological polar surface area (TPSA) is 29.9 Å². The second-order valence-corrected chi connectivity index (χ2v) is 5.40. The fraction of sp³-hybridized carbons (Fsp3) is 0.769. The molecule has 0 aromatic carbocycles. The smallest absolute Gasteiger partial charge is 0.0537 e. The van der Waals surface area contributed by atoms with Gasteiger partial charge in [-0.1, -0.05) is 12.8 Å². The summed E-state index contributed by atoms with van der Waals surface area (Å²) in [4.78, 5) is 0. The zero-order valence-electron chi connectivity index (χ0n) is 10.2. The predicted molar refractivity (Wildman–Crippen MR) is 63.9 cm³/mol. The molecule has 1 heterocycles. The van der Waals surface area contributed by atoms with Crippen LogP contribution < -0.4 is 5.32 Å². The fourth-order valence-electron chi connectivity index (χ4n) is 3.72. The van der Waals surface area contributed by atoms with Crippen molar-refractivity contribution in [3.8, 4) is 0 Å². The molecule has 0 bridgehead atoms. The first-order valence-corrected chi connectivity index (χ1v) is 6.47. The van der Waals surface area contributed by atoms with E-state index < -0.39 is 0 Å². The molecule has 0 aliphatic heterocycles. The van der Waals surface area contributed by atoms with Crippen molar-refractivity contribution in [2.24, 2.45) is 24.8 Å². The molecule has 2 aliphatic rings. The van der Waals surface area contributed by atoms with Gasteiger partial charge in [0.15, 0.2) is 0 Å². The molecule has 0 radical (unpaired) electrons. The van der Waals surface area contributed by atoms with Crippen LogP contribution in [0.3, 0.4) is 0 Å². The number of fused-ring (bicyclic) bond motifs is 1. The van der Waals surface area contributed by atoms with Crippen molar-refractivity contribution in [1.82, 2.24) is 15.1 Å². The molecule has 3 rings (SSSR count). The molecule has 2 saturated carbocycles. The zero-order valence-corrected chi connectivity index (χ0v) is 10.2. The van der Waals surface area contributed by atoms with Gasteiger partial charge < -0.3 is 5.32 Å². The van der Waals surface area contributed by atoms with Crippen molar-refractivity contribution in [2.45, 2.75) is 31.7 Å². The summed E-state index contributed by atoms with van der Waals surface area (Å²) in [7, 11) is 4.08. The lowest BCUT2D eigenvalue weighted by Gasteiger charge is -2.14. The fourth-order valence-corrected chi connectivity index (χ4v) is 3.72. The molecule has 16 heavy (non-hydrogen) atoms. The van der Waals surface area contributed by atoms with Crippen LogP contribution in [0.4, 0.5) is 0 Å². The van der Waals surface area contributed by atoms with Gasteiger partial charge in [-0.2, -0.15) is 5.10 Å². The molecule has 3 nitrogen and oxygen atoms in total. The van der Waals surface area contributed by atoms with Gasteiger partial charge >= 0.3 is 0 Å². The number of hydrogen-bond donors (Lipinski definition) is 1. The SMILES string of the molecule is CNC(c1cnn(C)c1)C1C2CCCCC21. The maximum atomic E-state index is 4.29.